The van der Waals surface area contributed by atoms with Gasteiger partial charge in [0, 0.05) is 16.2 Å². The zero-order chi connectivity index (χ0) is 14.0. The van der Waals surface area contributed by atoms with Gasteiger partial charge in [0.2, 0.25) is 0 Å². The molecule has 102 valence electrons. The molecule has 1 aliphatic rings. The summed E-state index contributed by atoms with van der Waals surface area (Å²) in [6.45, 7) is 2.26. The molecule has 0 spiro atoms. The van der Waals surface area contributed by atoms with E-state index < -0.39 is 5.97 Å². The van der Waals surface area contributed by atoms with Crippen molar-refractivity contribution in [3.63, 3.8) is 0 Å². The van der Waals surface area contributed by atoms with Crippen molar-refractivity contribution in [3.8, 4) is 0 Å². The molecular weight excluding hydrogens is 357 g/mol. The van der Waals surface area contributed by atoms with Gasteiger partial charge >= 0.3 is 5.97 Å². The van der Waals surface area contributed by atoms with Crippen molar-refractivity contribution >= 4 is 34.5 Å². The Balaban J connectivity index is 2.19. The summed E-state index contributed by atoms with van der Waals surface area (Å²) in [5.74, 6) is -0.908. The Morgan fingerprint density at radius 3 is 2.68 bits per heavy atom. The molecule has 1 aliphatic carbocycles. The fraction of sp³-hybridized carbons (Fsp3) is 0.429. The number of benzene rings is 1. The molecule has 2 rings (SSSR count). The van der Waals surface area contributed by atoms with Crippen molar-refractivity contribution in [3.05, 3.63) is 32.9 Å². The molecule has 1 saturated carbocycles. The molecular formula is C14H16INO3. The van der Waals surface area contributed by atoms with Crippen LogP contribution >= 0.6 is 22.6 Å². The van der Waals surface area contributed by atoms with Gasteiger partial charge in [0.15, 0.2) is 0 Å². The van der Waals surface area contributed by atoms with E-state index in [2.05, 4.69) is 22.6 Å². The van der Waals surface area contributed by atoms with Crippen molar-refractivity contribution in [2.45, 2.75) is 32.2 Å². The van der Waals surface area contributed by atoms with E-state index >= 15 is 0 Å². The Hall–Kier alpha value is -1.11. The third kappa shape index (κ3) is 3.46. The Morgan fingerprint density at radius 2 is 2.11 bits per heavy atom. The number of rotatable bonds is 5. The summed E-state index contributed by atoms with van der Waals surface area (Å²) in [6.07, 6.45) is 1.96. The molecule has 0 aliphatic heterocycles. The first-order chi connectivity index (χ1) is 9.00. The molecule has 1 aromatic carbocycles. The maximum Gasteiger partial charge on any atom is 0.305 e. The van der Waals surface area contributed by atoms with Crippen molar-refractivity contribution in [2.75, 3.05) is 6.54 Å². The minimum atomic E-state index is -0.864. The summed E-state index contributed by atoms with van der Waals surface area (Å²) in [6, 6.07) is 5.88. The van der Waals surface area contributed by atoms with Gasteiger partial charge in [-0.05, 0) is 54.0 Å². The highest BCUT2D eigenvalue weighted by Crippen LogP contribution is 2.29. The number of hydrogen-bond acceptors (Lipinski definition) is 2. The Labute approximate surface area is 125 Å². The lowest BCUT2D eigenvalue weighted by molar-refractivity contribution is -0.137. The summed E-state index contributed by atoms with van der Waals surface area (Å²) < 4.78 is 0.950. The number of hydrogen-bond donors (Lipinski definition) is 1. The molecule has 19 heavy (non-hydrogen) atoms. The van der Waals surface area contributed by atoms with Crippen LogP contribution in [0.2, 0.25) is 0 Å². The van der Waals surface area contributed by atoms with E-state index in [0.717, 1.165) is 22.0 Å². The van der Waals surface area contributed by atoms with Gasteiger partial charge < -0.3 is 10.0 Å². The second kappa shape index (κ2) is 5.90. The fourth-order valence-electron chi connectivity index (χ4n) is 2.02. The molecule has 1 N–H and O–H groups in total. The zero-order valence-electron chi connectivity index (χ0n) is 10.7. The van der Waals surface area contributed by atoms with Crippen LogP contribution in [-0.2, 0) is 4.79 Å². The number of aliphatic carboxylic acids is 1. The second-order valence-electron chi connectivity index (χ2n) is 4.81. The molecule has 1 fully saturated rings. The zero-order valence-corrected chi connectivity index (χ0v) is 12.9. The van der Waals surface area contributed by atoms with Crippen LogP contribution in [0.1, 0.15) is 35.2 Å². The smallest absolute Gasteiger partial charge is 0.305 e. The lowest BCUT2D eigenvalue weighted by Crippen LogP contribution is -2.35. The maximum atomic E-state index is 12.5. The largest absolute Gasteiger partial charge is 0.481 e. The van der Waals surface area contributed by atoms with Crippen molar-refractivity contribution in [2.24, 2.45) is 0 Å². The summed E-state index contributed by atoms with van der Waals surface area (Å²) in [5.41, 5.74) is 1.75. The summed E-state index contributed by atoms with van der Waals surface area (Å²) in [5, 5.41) is 8.78. The van der Waals surface area contributed by atoms with E-state index in [1.807, 2.05) is 25.1 Å². The summed E-state index contributed by atoms with van der Waals surface area (Å²) in [4.78, 5) is 24.9. The lowest BCUT2D eigenvalue weighted by Gasteiger charge is -2.22. The van der Waals surface area contributed by atoms with Gasteiger partial charge in [-0.2, -0.15) is 0 Å². The molecule has 0 atom stereocenters. The van der Waals surface area contributed by atoms with Gasteiger partial charge in [0.05, 0.1) is 12.0 Å². The fourth-order valence-corrected chi connectivity index (χ4v) is 2.61. The van der Waals surface area contributed by atoms with Gasteiger partial charge in [-0.15, -0.1) is 0 Å². The van der Waals surface area contributed by atoms with E-state index in [4.69, 9.17) is 5.11 Å². The number of halogens is 1. The van der Waals surface area contributed by atoms with Crippen LogP contribution in [0.5, 0.6) is 0 Å². The number of carbonyl (C=O) groups excluding carboxylic acids is 1. The number of carboxylic acid groups (broad SMARTS) is 1. The quantitative estimate of drug-likeness (QED) is 0.808. The molecule has 1 aromatic rings. The molecule has 0 heterocycles. The molecule has 0 bridgehead atoms. The first kappa shape index (κ1) is 14.3. The van der Waals surface area contributed by atoms with Crippen LogP contribution in [-0.4, -0.2) is 34.5 Å². The van der Waals surface area contributed by atoms with Crippen molar-refractivity contribution in [1.82, 2.24) is 4.90 Å². The number of carbonyl (C=O) groups is 2. The summed E-state index contributed by atoms with van der Waals surface area (Å²) >= 11 is 2.18. The first-order valence-electron chi connectivity index (χ1n) is 6.28. The summed E-state index contributed by atoms with van der Waals surface area (Å²) in [7, 11) is 0. The Bertz CT molecular complexity index is 511. The predicted octanol–water partition coefficient (Wildman–Crippen LogP) is 2.68. The topological polar surface area (TPSA) is 57.6 Å². The van der Waals surface area contributed by atoms with Gasteiger partial charge in [-0.25, -0.2) is 0 Å². The van der Waals surface area contributed by atoms with Gasteiger partial charge in [0.1, 0.15) is 0 Å². The Morgan fingerprint density at radius 1 is 1.42 bits per heavy atom. The highest BCUT2D eigenvalue weighted by Gasteiger charge is 2.33. The molecule has 1 amide bonds. The van der Waals surface area contributed by atoms with Gasteiger partial charge in [-0.3, -0.25) is 9.59 Å². The first-order valence-corrected chi connectivity index (χ1v) is 7.36. The highest BCUT2D eigenvalue weighted by atomic mass is 127. The maximum absolute atomic E-state index is 12.5. The van der Waals surface area contributed by atoms with Crippen LogP contribution in [0.4, 0.5) is 0 Å². The van der Waals surface area contributed by atoms with Crippen LogP contribution < -0.4 is 0 Å². The molecule has 5 heteroatoms. The van der Waals surface area contributed by atoms with E-state index in [9.17, 15) is 9.59 Å². The van der Waals surface area contributed by atoms with Gasteiger partial charge in [0.25, 0.3) is 5.91 Å². The van der Waals surface area contributed by atoms with Crippen molar-refractivity contribution in [1.29, 1.82) is 0 Å². The van der Waals surface area contributed by atoms with Crippen molar-refractivity contribution < 1.29 is 14.7 Å². The Kier molecular flexibility index (Phi) is 4.44. The number of carboxylic acids is 1. The van der Waals surface area contributed by atoms with E-state index in [1.165, 1.54) is 0 Å². The third-order valence-electron chi connectivity index (χ3n) is 3.24. The SMILES string of the molecule is Cc1cccc(C(=O)N(CCC(=O)O)C2CC2)c1I. The highest BCUT2D eigenvalue weighted by molar-refractivity contribution is 14.1. The number of amides is 1. The van der Waals surface area contributed by atoms with Crippen LogP contribution in [0.3, 0.4) is 0 Å². The number of aryl methyl sites for hydroxylation is 1. The van der Waals surface area contributed by atoms with E-state index in [0.29, 0.717) is 12.1 Å². The molecule has 0 aromatic heterocycles. The van der Waals surface area contributed by atoms with E-state index in [-0.39, 0.29) is 18.4 Å². The molecule has 4 nitrogen and oxygen atoms in total. The van der Waals surface area contributed by atoms with Gasteiger partial charge in [-0.1, -0.05) is 12.1 Å². The average molecular weight is 373 g/mol. The number of nitrogens with zero attached hydrogens (tertiary/aromatic N) is 1. The molecule has 0 radical (unpaired) electrons. The van der Waals surface area contributed by atoms with Crippen LogP contribution in [0, 0.1) is 10.5 Å². The molecule has 0 unspecified atom stereocenters. The lowest BCUT2D eigenvalue weighted by atomic mass is 10.1. The van der Waals surface area contributed by atoms with Crippen LogP contribution in [0.25, 0.3) is 0 Å². The van der Waals surface area contributed by atoms with E-state index in [1.54, 1.807) is 4.90 Å². The minimum absolute atomic E-state index is 0.00460. The monoisotopic (exact) mass is 373 g/mol. The third-order valence-corrected chi connectivity index (χ3v) is 4.67. The van der Waals surface area contributed by atoms with Crippen LogP contribution in [0.15, 0.2) is 18.2 Å². The average Bonchev–Trinajstić information content (AvgIpc) is 3.17. The molecule has 0 saturated heterocycles. The second-order valence-corrected chi connectivity index (χ2v) is 5.89. The predicted molar refractivity (Wildman–Crippen MR) is 80.2 cm³/mol. The minimum Gasteiger partial charge on any atom is -0.481 e. The normalized spacial score (nSPS) is 14.2. The standard InChI is InChI=1S/C14H16INO3/c1-9-3-2-4-11(13(9)15)14(19)16(10-5-6-10)8-7-12(17)18/h2-4,10H,5-8H2,1H3,(H,17,18).